The summed E-state index contributed by atoms with van der Waals surface area (Å²) in [6.45, 7) is 3.68. The molecule has 28 heavy (non-hydrogen) atoms. The quantitative estimate of drug-likeness (QED) is 0.742. The fraction of sp³-hybridized carbons (Fsp3) is 0.556. The molecule has 2 saturated heterocycles. The zero-order valence-electron chi connectivity index (χ0n) is 15.9. The van der Waals surface area contributed by atoms with Gasteiger partial charge in [0.05, 0.1) is 17.0 Å². The first kappa shape index (κ1) is 20.7. The van der Waals surface area contributed by atoms with Gasteiger partial charge in [-0.2, -0.15) is 0 Å². The van der Waals surface area contributed by atoms with Crippen LogP contribution in [0.2, 0.25) is 0 Å². The molecule has 0 aliphatic carbocycles. The molecule has 0 saturated carbocycles. The highest BCUT2D eigenvalue weighted by atomic mass is 32.2. The van der Waals surface area contributed by atoms with Gasteiger partial charge in [-0.3, -0.25) is 14.5 Å². The van der Waals surface area contributed by atoms with Gasteiger partial charge in [-0.05, 0) is 38.1 Å². The van der Waals surface area contributed by atoms with Crippen LogP contribution in [0.15, 0.2) is 23.1 Å². The largest absolute Gasteiger partial charge is 0.342 e. The first-order valence-electron chi connectivity index (χ1n) is 9.34. The Morgan fingerprint density at radius 3 is 2.29 bits per heavy atom. The van der Waals surface area contributed by atoms with Crippen molar-refractivity contribution in [1.82, 2.24) is 19.4 Å². The zero-order valence-corrected chi connectivity index (χ0v) is 16.7. The van der Waals surface area contributed by atoms with Crippen molar-refractivity contribution in [3.63, 3.8) is 0 Å². The Bertz CT molecular complexity index is 847. The van der Waals surface area contributed by atoms with Crippen molar-refractivity contribution >= 4 is 21.8 Å². The molecular weight excluding hydrogens is 387 g/mol. The molecule has 10 heteroatoms. The molecule has 0 atom stereocenters. The van der Waals surface area contributed by atoms with Gasteiger partial charge in [-0.25, -0.2) is 17.5 Å². The summed E-state index contributed by atoms with van der Waals surface area (Å²) in [6.07, 6.45) is 2.09. The average molecular weight is 412 g/mol. The molecule has 0 spiro atoms. The Labute approximate surface area is 164 Å². The summed E-state index contributed by atoms with van der Waals surface area (Å²) < 4.78 is 40.2. The lowest BCUT2D eigenvalue weighted by Gasteiger charge is -2.35. The first-order valence-corrected chi connectivity index (χ1v) is 10.8. The maximum absolute atomic E-state index is 14.2. The molecule has 0 unspecified atom stereocenters. The normalized spacial score (nSPS) is 18.5. The fourth-order valence-corrected chi connectivity index (χ4v) is 4.25. The van der Waals surface area contributed by atoms with Gasteiger partial charge in [0.25, 0.3) is 5.91 Å². The van der Waals surface area contributed by atoms with E-state index in [2.05, 4.69) is 4.72 Å². The van der Waals surface area contributed by atoms with E-state index in [4.69, 9.17) is 0 Å². The number of carbonyl (C=O) groups excluding carboxylic acids is 2. The van der Waals surface area contributed by atoms with Crippen LogP contribution in [0.4, 0.5) is 4.39 Å². The van der Waals surface area contributed by atoms with Gasteiger partial charge in [0.2, 0.25) is 15.9 Å². The van der Waals surface area contributed by atoms with Crippen LogP contribution < -0.4 is 4.72 Å². The van der Waals surface area contributed by atoms with Crippen molar-refractivity contribution in [3.05, 3.63) is 29.6 Å². The van der Waals surface area contributed by atoms with Crippen LogP contribution in [-0.2, 0) is 14.8 Å². The molecule has 2 aliphatic heterocycles. The Hall–Kier alpha value is -2.04. The molecular formula is C18H25FN4O4S. The van der Waals surface area contributed by atoms with Crippen molar-refractivity contribution in [2.45, 2.75) is 17.7 Å². The van der Waals surface area contributed by atoms with Crippen LogP contribution >= 0.6 is 0 Å². The van der Waals surface area contributed by atoms with Crippen LogP contribution in [0.25, 0.3) is 0 Å². The molecule has 2 amide bonds. The van der Waals surface area contributed by atoms with Gasteiger partial charge < -0.3 is 9.80 Å². The molecule has 1 aromatic carbocycles. The Morgan fingerprint density at radius 2 is 1.68 bits per heavy atom. The summed E-state index contributed by atoms with van der Waals surface area (Å²) >= 11 is 0. The molecule has 0 radical (unpaired) electrons. The predicted octanol–water partition coefficient (Wildman–Crippen LogP) is 0.114. The number of halogens is 1. The van der Waals surface area contributed by atoms with E-state index in [9.17, 15) is 22.4 Å². The fourth-order valence-electron chi connectivity index (χ4n) is 3.49. The molecule has 8 nitrogen and oxygen atoms in total. The lowest BCUT2D eigenvalue weighted by molar-refractivity contribution is -0.131. The lowest BCUT2D eigenvalue weighted by Crippen LogP contribution is -2.51. The van der Waals surface area contributed by atoms with Gasteiger partial charge in [-0.15, -0.1) is 0 Å². The maximum atomic E-state index is 14.2. The number of nitrogens with zero attached hydrogens (tertiary/aromatic N) is 3. The molecule has 2 aliphatic rings. The monoisotopic (exact) mass is 412 g/mol. The Morgan fingerprint density at radius 1 is 1.04 bits per heavy atom. The van der Waals surface area contributed by atoms with E-state index in [1.54, 1.807) is 0 Å². The van der Waals surface area contributed by atoms with Crippen molar-refractivity contribution < 1.29 is 22.4 Å². The summed E-state index contributed by atoms with van der Waals surface area (Å²) in [5, 5.41) is 0. The second-order valence-electron chi connectivity index (χ2n) is 7.01. The smallest absolute Gasteiger partial charge is 0.256 e. The summed E-state index contributed by atoms with van der Waals surface area (Å²) in [7, 11) is -2.52. The van der Waals surface area contributed by atoms with Gasteiger partial charge in [0, 0.05) is 39.3 Å². The van der Waals surface area contributed by atoms with E-state index < -0.39 is 21.7 Å². The Balaban J connectivity index is 1.62. The third-order valence-corrected chi connectivity index (χ3v) is 6.64. The van der Waals surface area contributed by atoms with E-state index in [1.165, 1.54) is 11.9 Å². The van der Waals surface area contributed by atoms with Gasteiger partial charge >= 0.3 is 0 Å². The van der Waals surface area contributed by atoms with Crippen molar-refractivity contribution in [1.29, 1.82) is 0 Å². The van der Waals surface area contributed by atoms with Gasteiger partial charge in [0.15, 0.2) is 0 Å². The van der Waals surface area contributed by atoms with Crippen LogP contribution in [0, 0.1) is 5.82 Å². The minimum atomic E-state index is -3.77. The zero-order chi connectivity index (χ0) is 20.3. The molecule has 1 aromatic rings. The summed E-state index contributed by atoms with van der Waals surface area (Å²) in [6, 6.07) is 3.18. The number of hydrogen-bond donors (Lipinski definition) is 1. The lowest BCUT2D eigenvalue weighted by atomic mass is 10.1. The van der Waals surface area contributed by atoms with E-state index in [1.807, 2.05) is 9.80 Å². The molecule has 2 fully saturated rings. The highest BCUT2D eigenvalue weighted by Gasteiger charge is 2.27. The minimum Gasteiger partial charge on any atom is -0.342 e. The summed E-state index contributed by atoms with van der Waals surface area (Å²) in [4.78, 5) is 30.1. The number of nitrogens with one attached hydrogen (secondary N) is 1. The van der Waals surface area contributed by atoms with Crippen LogP contribution in [0.1, 0.15) is 23.2 Å². The molecule has 3 rings (SSSR count). The van der Waals surface area contributed by atoms with Crippen molar-refractivity contribution in [2.24, 2.45) is 0 Å². The average Bonchev–Trinajstić information content (AvgIpc) is 3.23. The maximum Gasteiger partial charge on any atom is 0.256 e. The molecule has 1 N–H and O–H groups in total. The number of piperazine rings is 1. The van der Waals surface area contributed by atoms with Crippen molar-refractivity contribution in [3.8, 4) is 0 Å². The van der Waals surface area contributed by atoms with E-state index in [0.717, 1.165) is 44.1 Å². The third-order valence-electron chi connectivity index (χ3n) is 5.22. The SMILES string of the molecule is CNS(=O)(=O)c1ccc(F)c(C(=O)N2CCN(CC(=O)N3CCCC3)CC2)c1. The number of hydrogen-bond acceptors (Lipinski definition) is 5. The van der Waals surface area contributed by atoms with Crippen LogP contribution in [-0.4, -0.2) is 87.8 Å². The molecule has 154 valence electrons. The van der Waals surface area contributed by atoms with Crippen LogP contribution in [0.5, 0.6) is 0 Å². The molecule has 0 bridgehead atoms. The third kappa shape index (κ3) is 4.50. The summed E-state index contributed by atoms with van der Waals surface area (Å²) in [5.41, 5.74) is -0.266. The standard InChI is InChI=1S/C18H25FN4O4S/c1-20-28(26,27)14-4-5-16(19)15(12-14)18(25)23-10-8-21(9-11-23)13-17(24)22-6-2-3-7-22/h4-5,12,20H,2-3,6-11,13H2,1H3. The number of likely N-dealkylation sites (tertiary alicyclic amines) is 1. The van der Waals surface area contributed by atoms with E-state index >= 15 is 0 Å². The van der Waals surface area contributed by atoms with E-state index in [0.29, 0.717) is 32.7 Å². The van der Waals surface area contributed by atoms with E-state index in [-0.39, 0.29) is 16.4 Å². The van der Waals surface area contributed by atoms with Crippen molar-refractivity contribution in [2.75, 3.05) is 52.9 Å². The van der Waals surface area contributed by atoms with Gasteiger partial charge in [-0.1, -0.05) is 0 Å². The second-order valence-corrected chi connectivity index (χ2v) is 8.89. The number of carbonyl (C=O) groups is 2. The molecule has 0 aromatic heterocycles. The summed E-state index contributed by atoms with van der Waals surface area (Å²) in [5.74, 6) is -1.20. The number of amides is 2. The first-order chi connectivity index (χ1) is 13.3. The predicted molar refractivity (Wildman–Crippen MR) is 101 cm³/mol. The van der Waals surface area contributed by atoms with Gasteiger partial charge in [0.1, 0.15) is 5.82 Å². The topological polar surface area (TPSA) is 90.0 Å². The number of rotatable bonds is 5. The number of sulfonamides is 1. The second kappa shape index (κ2) is 8.54. The number of benzene rings is 1. The minimum absolute atomic E-state index is 0.105. The highest BCUT2D eigenvalue weighted by molar-refractivity contribution is 7.89. The highest BCUT2D eigenvalue weighted by Crippen LogP contribution is 2.18. The Kier molecular flexibility index (Phi) is 6.31. The molecule has 2 heterocycles. The van der Waals surface area contributed by atoms with Crippen LogP contribution in [0.3, 0.4) is 0 Å².